The molecule has 1 saturated heterocycles. The van der Waals surface area contributed by atoms with E-state index in [2.05, 4.69) is 41.4 Å². The first kappa shape index (κ1) is 11.4. The fourth-order valence-electron chi connectivity index (χ4n) is 2.03. The number of hydrogen-bond acceptors (Lipinski definition) is 3. The Balaban J connectivity index is 2.11. The predicted octanol–water partition coefficient (Wildman–Crippen LogP) is 1.63. The van der Waals surface area contributed by atoms with E-state index >= 15 is 0 Å². The van der Waals surface area contributed by atoms with Gasteiger partial charge in [-0.15, -0.1) is 0 Å². The van der Waals surface area contributed by atoms with Gasteiger partial charge in [0.1, 0.15) is 0 Å². The predicted molar refractivity (Wildman–Crippen MR) is 66.9 cm³/mol. The summed E-state index contributed by atoms with van der Waals surface area (Å²) in [4.78, 5) is 2.41. The van der Waals surface area contributed by atoms with Crippen LogP contribution in [-0.2, 0) is 11.3 Å². The second kappa shape index (κ2) is 5.87. The largest absolute Gasteiger partial charge is 0.378 e. The Labute approximate surface area is 97.4 Å². The lowest BCUT2D eigenvalue weighted by Gasteiger charge is -2.30. The van der Waals surface area contributed by atoms with E-state index in [4.69, 9.17) is 4.74 Å². The third kappa shape index (κ3) is 2.74. The Morgan fingerprint density at radius 1 is 1.25 bits per heavy atom. The molecule has 0 spiro atoms. The number of morpholine rings is 1. The molecule has 2 rings (SSSR count). The summed E-state index contributed by atoms with van der Waals surface area (Å²) in [7, 11) is 0. The first-order valence-electron chi connectivity index (χ1n) is 6.03. The van der Waals surface area contributed by atoms with Crippen molar-refractivity contribution in [3.8, 4) is 0 Å². The highest BCUT2D eigenvalue weighted by Gasteiger charge is 2.13. The Hall–Kier alpha value is -1.06. The summed E-state index contributed by atoms with van der Waals surface area (Å²) in [5.74, 6) is 0. The van der Waals surface area contributed by atoms with Gasteiger partial charge in [0.25, 0.3) is 0 Å². The number of para-hydroxylation sites is 1. The molecular formula is C13H20N2O. The van der Waals surface area contributed by atoms with Crippen molar-refractivity contribution in [3.63, 3.8) is 0 Å². The Morgan fingerprint density at radius 2 is 2.00 bits per heavy atom. The molecule has 0 amide bonds. The van der Waals surface area contributed by atoms with E-state index in [0.717, 1.165) is 39.4 Å². The lowest BCUT2D eigenvalue weighted by atomic mass is 10.1. The molecule has 0 unspecified atom stereocenters. The second-order valence-electron chi connectivity index (χ2n) is 4.01. The molecule has 88 valence electrons. The number of nitrogens with one attached hydrogen (secondary N) is 1. The van der Waals surface area contributed by atoms with Gasteiger partial charge in [-0.25, -0.2) is 0 Å². The zero-order valence-electron chi connectivity index (χ0n) is 9.91. The molecule has 1 N–H and O–H groups in total. The Bertz CT molecular complexity index is 321. The number of anilines is 1. The standard InChI is InChI=1S/C13H20N2O/c1-2-14-11-12-5-3-4-6-13(12)15-7-9-16-10-8-15/h3-6,14H,2,7-11H2,1H3. The molecule has 0 atom stereocenters. The van der Waals surface area contributed by atoms with Crippen LogP contribution >= 0.6 is 0 Å². The molecule has 1 aromatic carbocycles. The maximum atomic E-state index is 5.38. The van der Waals surface area contributed by atoms with Crippen LogP contribution in [0.25, 0.3) is 0 Å². The van der Waals surface area contributed by atoms with Crippen LogP contribution in [0.4, 0.5) is 5.69 Å². The number of ether oxygens (including phenoxy) is 1. The van der Waals surface area contributed by atoms with Gasteiger partial charge < -0.3 is 15.0 Å². The third-order valence-corrected chi connectivity index (χ3v) is 2.91. The highest BCUT2D eigenvalue weighted by atomic mass is 16.5. The molecule has 0 saturated carbocycles. The van der Waals surface area contributed by atoms with Gasteiger partial charge in [0, 0.05) is 25.3 Å². The van der Waals surface area contributed by atoms with Gasteiger partial charge in [-0.1, -0.05) is 25.1 Å². The Morgan fingerprint density at radius 3 is 2.75 bits per heavy atom. The fourth-order valence-corrected chi connectivity index (χ4v) is 2.03. The van der Waals surface area contributed by atoms with E-state index in [1.54, 1.807) is 0 Å². The first-order chi connectivity index (χ1) is 7.92. The minimum atomic E-state index is 0.843. The van der Waals surface area contributed by atoms with Gasteiger partial charge in [-0.05, 0) is 18.2 Å². The molecular weight excluding hydrogens is 200 g/mol. The molecule has 0 aliphatic carbocycles. The summed E-state index contributed by atoms with van der Waals surface area (Å²) >= 11 is 0. The van der Waals surface area contributed by atoms with Crippen LogP contribution in [0.3, 0.4) is 0 Å². The smallest absolute Gasteiger partial charge is 0.0642 e. The summed E-state index contributed by atoms with van der Waals surface area (Å²) in [5.41, 5.74) is 2.73. The van der Waals surface area contributed by atoms with Gasteiger partial charge in [-0.3, -0.25) is 0 Å². The maximum absolute atomic E-state index is 5.38. The zero-order chi connectivity index (χ0) is 11.2. The number of nitrogens with zero attached hydrogens (tertiary/aromatic N) is 1. The average molecular weight is 220 g/mol. The summed E-state index contributed by atoms with van der Waals surface area (Å²) in [6.07, 6.45) is 0. The molecule has 3 heteroatoms. The first-order valence-corrected chi connectivity index (χ1v) is 6.03. The summed E-state index contributed by atoms with van der Waals surface area (Å²) in [6, 6.07) is 8.63. The van der Waals surface area contributed by atoms with Gasteiger partial charge in [0.2, 0.25) is 0 Å². The zero-order valence-corrected chi connectivity index (χ0v) is 9.91. The van der Waals surface area contributed by atoms with Crippen molar-refractivity contribution in [2.45, 2.75) is 13.5 Å². The summed E-state index contributed by atoms with van der Waals surface area (Å²) in [5, 5.41) is 3.39. The molecule has 1 aromatic rings. The van der Waals surface area contributed by atoms with Crippen molar-refractivity contribution >= 4 is 5.69 Å². The summed E-state index contributed by atoms with van der Waals surface area (Å²) in [6.45, 7) is 7.79. The van der Waals surface area contributed by atoms with Crippen molar-refractivity contribution in [2.75, 3.05) is 37.7 Å². The van der Waals surface area contributed by atoms with Crippen LogP contribution < -0.4 is 10.2 Å². The molecule has 0 bridgehead atoms. The van der Waals surface area contributed by atoms with Crippen molar-refractivity contribution < 1.29 is 4.74 Å². The SMILES string of the molecule is CCNCc1ccccc1N1CCOCC1. The molecule has 1 aliphatic heterocycles. The molecule has 1 aliphatic rings. The molecule has 0 aromatic heterocycles. The lowest BCUT2D eigenvalue weighted by Crippen LogP contribution is -2.37. The van der Waals surface area contributed by atoms with Crippen LogP contribution in [0.2, 0.25) is 0 Å². The number of hydrogen-bond donors (Lipinski definition) is 1. The minimum absolute atomic E-state index is 0.843. The second-order valence-corrected chi connectivity index (χ2v) is 4.01. The van der Waals surface area contributed by atoms with Crippen LogP contribution in [0.5, 0.6) is 0 Å². The van der Waals surface area contributed by atoms with Crippen LogP contribution in [0.1, 0.15) is 12.5 Å². The highest BCUT2D eigenvalue weighted by molar-refractivity contribution is 5.53. The molecule has 0 radical (unpaired) electrons. The van der Waals surface area contributed by atoms with E-state index in [1.807, 2.05) is 0 Å². The molecule has 1 heterocycles. The van der Waals surface area contributed by atoms with E-state index in [9.17, 15) is 0 Å². The Kier molecular flexibility index (Phi) is 4.19. The molecule has 3 nitrogen and oxygen atoms in total. The van der Waals surface area contributed by atoms with Crippen molar-refractivity contribution in [1.82, 2.24) is 5.32 Å². The molecule has 1 fully saturated rings. The van der Waals surface area contributed by atoms with Crippen LogP contribution in [0.15, 0.2) is 24.3 Å². The summed E-state index contributed by atoms with van der Waals surface area (Å²) < 4.78 is 5.38. The minimum Gasteiger partial charge on any atom is -0.378 e. The molecule has 16 heavy (non-hydrogen) atoms. The maximum Gasteiger partial charge on any atom is 0.0642 e. The van der Waals surface area contributed by atoms with Crippen LogP contribution in [0, 0.1) is 0 Å². The normalized spacial score (nSPS) is 16.4. The fraction of sp³-hybridized carbons (Fsp3) is 0.538. The topological polar surface area (TPSA) is 24.5 Å². The van der Waals surface area contributed by atoms with Crippen molar-refractivity contribution in [2.24, 2.45) is 0 Å². The third-order valence-electron chi connectivity index (χ3n) is 2.91. The van der Waals surface area contributed by atoms with E-state index in [1.165, 1.54) is 11.3 Å². The van der Waals surface area contributed by atoms with Crippen molar-refractivity contribution in [3.05, 3.63) is 29.8 Å². The highest BCUT2D eigenvalue weighted by Crippen LogP contribution is 2.21. The van der Waals surface area contributed by atoms with E-state index < -0.39 is 0 Å². The van der Waals surface area contributed by atoms with Crippen LogP contribution in [-0.4, -0.2) is 32.8 Å². The van der Waals surface area contributed by atoms with Gasteiger partial charge in [-0.2, -0.15) is 0 Å². The quantitative estimate of drug-likeness (QED) is 0.834. The van der Waals surface area contributed by atoms with Gasteiger partial charge in [0.05, 0.1) is 13.2 Å². The number of benzene rings is 1. The monoisotopic (exact) mass is 220 g/mol. The van der Waals surface area contributed by atoms with Crippen molar-refractivity contribution in [1.29, 1.82) is 0 Å². The average Bonchev–Trinajstić information content (AvgIpc) is 2.38. The lowest BCUT2D eigenvalue weighted by molar-refractivity contribution is 0.122. The van der Waals surface area contributed by atoms with E-state index in [0.29, 0.717) is 0 Å². The van der Waals surface area contributed by atoms with E-state index in [-0.39, 0.29) is 0 Å². The van der Waals surface area contributed by atoms with Gasteiger partial charge >= 0.3 is 0 Å². The van der Waals surface area contributed by atoms with Gasteiger partial charge in [0.15, 0.2) is 0 Å². The number of rotatable bonds is 4.